The molecule has 4 aromatic rings. The van der Waals surface area contributed by atoms with Gasteiger partial charge in [-0.15, -0.1) is 0 Å². The summed E-state index contributed by atoms with van der Waals surface area (Å²) >= 11 is 0. The lowest BCUT2D eigenvalue weighted by molar-refractivity contribution is -0.384. The van der Waals surface area contributed by atoms with Gasteiger partial charge >= 0.3 is 0 Å². The van der Waals surface area contributed by atoms with E-state index >= 15 is 0 Å². The van der Waals surface area contributed by atoms with Crippen LogP contribution in [0.1, 0.15) is 21.5 Å². The second kappa shape index (κ2) is 6.87. The van der Waals surface area contributed by atoms with Crippen LogP contribution in [-0.2, 0) is 0 Å². The summed E-state index contributed by atoms with van der Waals surface area (Å²) < 4.78 is 5.91. The number of carbonyl (C=O) groups is 1. The summed E-state index contributed by atoms with van der Waals surface area (Å²) in [4.78, 5) is 35.4. The third-order valence-electron chi connectivity index (χ3n) is 4.88. The molecule has 0 unspecified atom stereocenters. The predicted octanol–water partition coefficient (Wildman–Crippen LogP) is 4.72. The van der Waals surface area contributed by atoms with E-state index < -0.39 is 10.8 Å². The van der Waals surface area contributed by atoms with Crippen molar-refractivity contribution in [2.45, 2.75) is 13.8 Å². The average molecular weight is 388 g/mol. The van der Waals surface area contributed by atoms with Gasteiger partial charge in [0.2, 0.25) is 5.43 Å². The largest absolute Gasteiger partial charge is 0.456 e. The fourth-order valence-corrected chi connectivity index (χ4v) is 3.13. The van der Waals surface area contributed by atoms with Crippen molar-refractivity contribution in [3.63, 3.8) is 0 Å². The number of nitrogens with zero attached hydrogens (tertiary/aromatic N) is 1. The summed E-state index contributed by atoms with van der Waals surface area (Å²) in [7, 11) is 0. The molecule has 0 fully saturated rings. The van der Waals surface area contributed by atoms with E-state index in [1.807, 2.05) is 26.0 Å². The number of benzene rings is 3. The molecule has 1 N–H and O–H groups in total. The molecule has 0 aliphatic heterocycles. The van der Waals surface area contributed by atoms with Gasteiger partial charge < -0.3 is 9.73 Å². The molecule has 7 nitrogen and oxygen atoms in total. The van der Waals surface area contributed by atoms with Gasteiger partial charge in [-0.25, -0.2) is 0 Å². The van der Waals surface area contributed by atoms with Gasteiger partial charge in [0.15, 0.2) is 0 Å². The summed E-state index contributed by atoms with van der Waals surface area (Å²) in [5, 5.41) is 14.4. The van der Waals surface area contributed by atoms with Crippen molar-refractivity contribution in [3.8, 4) is 0 Å². The van der Waals surface area contributed by atoms with Crippen LogP contribution >= 0.6 is 0 Å². The fraction of sp³-hybridized carbons (Fsp3) is 0.0909. The van der Waals surface area contributed by atoms with Crippen LogP contribution in [0.3, 0.4) is 0 Å². The molecule has 0 aliphatic rings. The maximum absolute atomic E-state index is 12.8. The lowest BCUT2D eigenvalue weighted by Crippen LogP contribution is -2.12. The van der Waals surface area contributed by atoms with Crippen LogP contribution in [0.2, 0.25) is 0 Å². The van der Waals surface area contributed by atoms with E-state index in [0.29, 0.717) is 27.6 Å². The second-order valence-electron chi connectivity index (χ2n) is 6.83. The molecule has 7 heteroatoms. The summed E-state index contributed by atoms with van der Waals surface area (Å²) in [6.45, 7) is 3.88. The molecule has 0 atom stereocenters. The van der Waals surface area contributed by atoms with Crippen LogP contribution in [0.25, 0.3) is 21.9 Å². The molecule has 144 valence electrons. The number of rotatable bonds is 3. The first kappa shape index (κ1) is 18.4. The van der Waals surface area contributed by atoms with Crippen molar-refractivity contribution in [2.24, 2.45) is 0 Å². The standard InChI is InChI=1S/C22H16N2O5/c1-12-9-18-19(10-13(12)2)29-20-11-15(5-8-17(20)21(18)25)23-22(26)14-3-6-16(7-4-14)24(27)28/h3-11H,1-2H3,(H,23,26). The molecule has 29 heavy (non-hydrogen) atoms. The van der Waals surface area contributed by atoms with Gasteiger partial charge in [0.25, 0.3) is 11.6 Å². The van der Waals surface area contributed by atoms with Crippen molar-refractivity contribution < 1.29 is 14.1 Å². The zero-order chi connectivity index (χ0) is 20.7. The molecule has 1 aromatic heterocycles. The Morgan fingerprint density at radius 1 is 0.931 bits per heavy atom. The number of carbonyl (C=O) groups excluding carboxylic acids is 1. The normalized spacial score (nSPS) is 11.0. The number of nitro benzene ring substituents is 1. The van der Waals surface area contributed by atoms with Gasteiger partial charge in [0.1, 0.15) is 11.2 Å². The Morgan fingerprint density at radius 2 is 1.59 bits per heavy atom. The first-order chi connectivity index (χ1) is 13.8. The molecule has 1 heterocycles. The Bertz CT molecular complexity index is 1350. The molecule has 4 rings (SSSR count). The molecule has 0 bridgehead atoms. The van der Waals surface area contributed by atoms with Gasteiger partial charge in [-0.05, 0) is 61.4 Å². The number of anilines is 1. The minimum atomic E-state index is -0.527. The molecule has 3 aromatic carbocycles. The van der Waals surface area contributed by atoms with E-state index in [0.717, 1.165) is 11.1 Å². The maximum Gasteiger partial charge on any atom is 0.269 e. The van der Waals surface area contributed by atoms with Crippen LogP contribution in [0.5, 0.6) is 0 Å². The number of non-ortho nitro benzene ring substituents is 1. The highest BCUT2D eigenvalue weighted by Crippen LogP contribution is 2.24. The van der Waals surface area contributed by atoms with Crippen molar-refractivity contribution in [1.29, 1.82) is 0 Å². The topological polar surface area (TPSA) is 102 Å². The third-order valence-corrected chi connectivity index (χ3v) is 4.88. The van der Waals surface area contributed by atoms with Gasteiger partial charge in [-0.1, -0.05) is 0 Å². The Labute approximate surface area is 164 Å². The highest BCUT2D eigenvalue weighted by Gasteiger charge is 2.13. The van der Waals surface area contributed by atoms with Crippen molar-refractivity contribution in [1.82, 2.24) is 0 Å². The molecule has 1 amide bonds. The van der Waals surface area contributed by atoms with Crippen LogP contribution < -0.4 is 10.7 Å². The average Bonchev–Trinajstić information content (AvgIpc) is 2.69. The van der Waals surface area contributed by atoms with Gasteiger partial charge in [0.05, 0.1) is 15.7 Å². The third kappa shape index (κ3) is 3.34. The smallest absolute Gasteiger partial charge is 0.269 e. The summed E-state index contributed by atoms with van der Waals surface area (Å²) in [6, 6.07) is 13.8. The molecule has 0 spiro atoms. The highest BCUT2D eigenvalue weighted by atomic mass is 16.6. The van der Waals surface area contributed by atoms with Crippen LogP contribution in [0.15, 0.2) is 63.8 Å². The van der Waals surface area contributed by atoms with Gasteiger partial charge in [-0.2, -0.15) is 0 Å². The zero-order valence-electron chi connectivity index (χ0n) is 15.7. The van der Waals surface area contributed by atoms with Crippen molar-refractivity contribution in [3.05, 3.63) is 91.6 Å². The Morgan fingerprint density at radius 3 is 2.28 bits per heavy atom. The molecule has 0 saturated heterocycles. The van der Waals surface area contributed by atoms with Crippen LogP contribution in [0, 0.1) is 24.0 Å². The zero-order valence-corrected chi connectivity index (χ0v) is 15.7. The van der Waals surface area contributed by atoms with Gasteiger partial charge in [0, 0.05) is 29.4 Å². The monoisotopic (exact) mass is 388 g/mol. The number of amides is 1. The Balaban J connectivity index is 1.70. The minimum absolute atomic E-state index is 0.0913. The molecule has 0 aliphatic carbocycles. The molecular weight excluding hydrogens is 372 g/mol. The highest BCUT2D eigenvalue weighted by molar-refractivity contribution is 6.05. The van der Waals surface area contributed by atoms with Crippen molar-refractivity contribution >= 4 is 39.2 Å². The Hall–Kier alpha value is -4.00. The summed E-state index contributed by atoms with van der Waals surface area (Å²) in [5.74, 6) is -0.422. The van der Waals surface area contributed by atoms with E-state index in [9.17, 15) is 19.7 Å². The SMILES string of the molecule is Cc1cc2oc3cc(NC(=O)c4ccc([N+](=O)[O-])cc4)ccc3c(=O)c2cc1C. The van der Waals surface area contributed by atoms with E-state index in [1.165, 1.54) is 24.3 Å². The number of hydrogen-bond acceptors (Lipinski definition) is 5. The van der Waals surface area contributed by atoms with Crippen LogP contribution in [-0.4, -0.2) is 10.8 Å². The summed E-state index contributed by atoms with van der Waals surface area (Å²) in [5.41, 5.74) is 3.40. The Kier molecular flexibility index (Phi) is 4.35. The van der Waals surface area contributed by atoms with Crippen molar-refractivity contribution in [2.75, 3.05) is 5.32 Å². The maximum atomic E-state index is 12.8. The first-order valence-corrected chi connectivity index (χ1v) is 8.87. The number of fused-ring (bicyclic) bond motifs is 2. The lowest BCUT2D eigenvalue weighted by atomic mass is 10.1. The minimum Gasteiger partial charge on any atom is -0.456 e. The fourth-order valence-electron chi connectivity index (χ4n) is 3.13. The molecule has 0 saturated carbocycles. The van der Waals surface area contributed by atoms with Crippen LogP contribution in [0.4, 0.5) is 11.4 Å². The lowest BCUT2D eigenvalue weighted by Gasteiger charge is -2.08. The van der Waals surface area contributed by atoms with E-state index in [2.05, 4.69) is 5.32 Å². The quantitative estimate of drug-likeness (QED) is 0.311. The number of hydrogen-bond donors (Lipinski definition) is 1. The second-order valence-corrected chi connectivity index (χ2v) is 6.83. The summed E-state index contributed by atoms with van der Waals surface area (Å²) in [6.07, 6.45) is 0. The predicted molar refractivity (Wildman–Crippen MR) is 111 cm³/mol. The number of aryl methyl sites for hydroxylation is 2. The number of nitrogens with one attached hydrogen (secondary N) is 1. The van der Waals surface area contributed by atoms with E-state index in [-0.39, 0.29) is 16.7 Å². The van der Waals surface area contributed by atoms with E-state index in [1.54, 1.807) is 18.2 Å². The molecular formula is C22H16N2O5. The molecule has 0 radical (unpaired) electrons. The first-order valence-electron chi connectivity index (χ1n) is 8.87. The van der Waals surface area contributed by atoms with Gasteiger partial charge in [-0.3, -0.25) is 19.7 Å². The number of nitro groups is 1. The van der Waals surface area contributed by atoms with E-state index in [4.69, 9.17) is 4.42 Å².